The number of nitrogens with zero attached hydrogens (tertiary/aromatic N) is 2. The van der Waals surface area contributed by atoms with Crippen molar-refractivity contribution in [1.82, 2.24) is 9.88 Å². The highest BCUT2D eigenvalue weighted by Crippen LogP contribution is 2.26. The molecular weight excluding hydrogens is 246 g/mol. The molecule has 1 aromatic carbocycles. The number of hydrogen-bond donors (Lipinski definition) is 1. The summed E-state index contributed by atoms with van der Waals surface area (Å²) in [6, 6.07) is 10.8. The molecule has 1 heterocycles. The lowest BCUT2D eigenvalue weighted by Crippen LogP contribution is -2.35. The van der Waals surface area contributed by atoms with E-state index in [9.17, 15) is 0 Å². The second-order valence-corrected chi connectivity index (χ2v) is 5.21. The van der Waals surface area contributed by atoms with Crippen molar-refractivity contribution in [1.29, 1.82) is 0 Å². The summed E-state index contributed by atoms with van der Waals surface area (Å²) < 4.78 is 0. The van der Waals surface area contributed by atoms with Crippen molar-refractivity contribution in [3.8, 4) is 0 Å². The molecule has 0 fully saturated rings. The maximum atomic E-state index is 6.09. The van der Waals surface area contributed by atoms with Gasteiger partial charge in [0.2, 0.25) is 0 Å². The topological polar surface area (TPSA) is 42.1 Å². The molecule has 0 saturated carbocycles. The fourth-order valence-electron chi connectivity index (χ4n) is 2.87. The molecule has 0 amide bonds. The normalized spacial score (nSPS) is 13.0. The third-order valence-electron chi connectivity index (χ3n) is 3.71. The first kappa shape index (κ1) is 14.9. The maximum absolute atomic E-state index is 6.09. The van der Waals surface area contributed by atoms with Crippen molar-refractivity contribution in [3.05, 3.63) is 42.1 Å². The SMILES string of the molecule is CCCN(CCC)C(CN)c1cccc2cccnc12. The van der Waals surface area contributed by atoms with Crippen LogP contribution in [-0.4, -0.2) is 29.5 Å². The summed E-state index contributed by atoms with van der Waals surface area (Å²) in [4.78, 5) is 7.06. The van der Waals surface area contributed by atoms with E-state index in [0.717, 1.165) is 31.4 Å². The van der Waals surface area contributed by atoms with Gasteiger partial charge >= 0.3 is 0 Å². The van der Waals surface area contributed by atoms with Gasteiger partial charge in [0, 0.05) is 24.2 Å². The Balaban J connectivity index is 2.42. The summed E-state index contributed by atoms with van der Waals surface area (Å²) in [7, 11) is 0. The number of para-hydroxylation sites is 1. The number of aromatic nitrogens is 1. The molecule has 1 unspecified atom stereocenters. The Morgan fingerprint density at radius 1 is 1.10 bits per heavy atom. The predicted octanol–water partition coefficient (Wildman–Crippen LogP) is 3.36. The Bertz CT molecular complexity index is 527. The van der Waals surface area contributed by atoms with Crippen molar-refractivity contribution in [2.24, 2.45) is 5.73 Å². The van der Waals surface area contributed by atoms with E-state index in [4.69, 9.17) is 5.73 Å². The molecule has 2 N–H and O–H groups in total. The number of hydrogen-bond acceptors (Lipinski definition) is 3. The van der Waals surface area contributed by atoms with E-state index in [1.54, 1.807) is 0 Å². The Morgan fingerprint density at radius 2 is 1.80 bits per heavy atom. The molecule has 2 rings (SSSR count). The average Bonchev–Trinajstić information content (AvgIpc) is 2.49. The molecule has 1 aromatic heterocycles. The van der Waals surface area contributed by atoms with E-state index in [1.807, 2.05) is 12.3 Å². The first-order valence-electron chi connectivity index (χ1n) is 7.59. The van der Waals surface area contributed by atoms with Crippen molar-refractivity contribution in [2.45, 2.75) is 32.7 Å². The predicted molar refractivity (Wildman–Crippen MR) is 85.7 cm³/mol. The molecule has 20 heavy (non-hydrogen) atoms. The van der Waals surface area contributed by atoms with Gasteiger partial charge in [-0.1, -0.05) is 38.1 Å². The molecule has 0 spiro atoms. The molecule has 0 radical (unpaired) electrons. The molecular formula is C17H25N3. The molecule has 108 valence electrons. The van der Waals surface area contributed by atoms with Gasteiger partial charge in [-0.3, -0.25) is 9.88 Å². The molecule has 0 aliphatic heterocycles. The average molecular weight is 271 g/mol. The number of pyridine rings is 1. The molecule has 3 nitrogen and oxygen atoms in total. The summed E-state index contributed by atoms with van der Waals surface area (Å²) in [5.41, 5.74) is 8.43. The Morgan fingerprint density at radius 3 is 2.45 bits per heavy atom. The van der Waals surface area contributed by atoms with Crippen LogP contribution in [0.1, 0.15) is 38.3 Å². The van der Waals surface area contributed by atoms with Crippen LogP contribution in [0.3, 0.4) is 0 Å². The van der Waals surface area contributed by atoms with Crippen LogP contribution < -0.4 is 5.73 Å². The minimum Gasteiger partial charge on any atom is -0.329 e. The first-order chi connectivity index (χ1) is 9.81. The highest BCUT2D eigenvalue weighted by atomic mass is 15.2. The van der Waals surface area contributed by atoms with E-state index < -0.39 is 0 Å². The van der Waals surface area contributed by atoms with Crippen LogP contribution in [-0.2, 0) is 0 Å². The van der Waals surface area contributed by atoms with Crippen LogP contribution in [0.15, 0.2) is 36.5 Å². The van der Waals surface area contributed by atoms with Crippen molar-refractivity contribution >= 4 is 10.9 Å². The summed E-state index contributed by atoms with van der Waals surface area (Å²) in [5.74, 6) is 0. The summed E-state index contributed by atoms with van der Waals surface area (Å²) in [6.45, 7) is 7.24. The zero-order valence-electron chi connectivity index (χ0n) is 12.5. The number of nitrogens with two attached hydrogens (primary N) is 1. The minimum atomic E-state index is 0.258. The van der Waals surface area contributed by atoms with Crippen molar-refractivity contribution in [3.63, 3.8) is 0 Å². The summed E-state index contributed by atoms with van der Waals surface area (Å²) in [6.07, 6.45) is 4.16. The lowest BCUT2D eigenvalue weighted by Gasteiger charge is -2.31. The lowest BCUT2D eigenvalue weighted by molar-refractivity contribution is 0.203. The molecule has 0 aliphatic rings. The largest absolute Gasteiger partial charge is 0.329 e. The van der Waals surface area contributed by atoms with Gasteiger partial charge in [0.1, 0.15) is 0 Å². The van der Waals surface area contributed by atoms with Gasteiger partial charge in [0.25, 0.3) is 0 Å². The zero-order chi connectivity index (χ0) is 14.4. The van der Waals surface area contributed by atoms with Gasteiger partial charge in [-0.25, -0.2) is 0 Å². The molecule has 3 heteroatoms. The van der Waals surface area contributed by atoms with E-state index in [-0.39, 0.29) is 6.04 Å². The number of fused-ring (bicyclic) bond motifs is 1. The fraction of sp³-hybridized carbons (Fsp3) is 0.471. The van der Waals surface area contributed by atoms with E-state index in [1.165, 1.54) is 10.9 Å². The minimum absolute atomic E-state index is 0.258. The van der Waals surface area contributed by atoms with E-state index in [0.29, 0.717) is 6.54 Å². The monoisotopic (exact) mass is 271 g/mol. The third kappa shape index (κ3) is 3.17. The zero-order valence-corrected chi connectivity index (χ0v) is 12.5. The third-order valence-corrected chi connectivity index (χ3v) is 3.71. The van der Waals surface area contributed by atoms with Gasteiger partial charge in [0.05, 0.1) is 5.52 Å². The Hall–Kier alpha value is -1.45. The van der Waals surface area contributed by atoms with Gasteiger partial charge in [-0.05, 0) is 37.6 Å². The highest BCUT2D eigenvalue weighted by Gasteiger charge is 2.20. The van der Waals surface area contributed by atoms with Crippen LogP contribution in [0.5, 0.6) is 0 Å². The van der Waals surface area contributed by atoms with E-state index in [2.05, 4.69) is 48.0 Å². The van der Waals surface area contributed by atoms with Crippen LogP contribution >= 0.6 is 0 Å². The van der Waals surface area contributed by atoms with E-state index >= 15 is 0 Å². The lowest BCUT2D eigenvalue weighted by atomic mass is 10.0. The number of rotatable bonds is 7. The fourth-order valence-corrected chi connectivity index (χ4v) is 2.87. The Kier molecular flexibility index (Phi) is 5.50. The molecule has 2 aromatic rings. The van der Waals surface area contributed by atoms with Gasteiger partial charge in [0.15, 0.2) is 0 Å². The smallest absolute Gasteiger partial charge is 0.0750 e. The van der Waals surface area contributed by atoms with Crippen molar-refractivity contribution in [2.75, 3.05) is 19.6 Å². The first-order valence-corrected chi connectivity index (χ1v) is 7.59. The van der Waals surface area contributed by atoms with Crippen LogP contribution in [0.25, 0.3) is 10.9 Å². The summed E-state index contributed by atoms with van der Waals surface area (Å²) >= 11 is 0. The molecule has 0 bridgehead atoms. The molecule has 0 aliphatic carbocycles. The molecule has 0 saturated heterocycles. The van der Waals surface area contributed by atoms with Crippen molar-refractivity contribution < 1.29 is 0 Å². The van der Waals surface area contributed by atoms with Gasteiger partial charge in [-0.15, -0.1) is 0 Å². The van der Waals surface area contributed by atoms with Gasteiger partial charge < -0.3 is 5.73 Å². The Labute approximate surface area is 121 Å². The standard InChI is InChI=1S/C17H25N3/c1-3-11-20(12-4-2)16(13-18)15-9-5-7-14-8-6-10-19-17(14)15/h5-10,16H,3-4,11-13,18H2,1-2H3. The summed E-state index contributed by atoms with van der Waals surface area (Å²) in [5, 5.41) is 1.19. The van der Waals surface area contributed by atoms with Crippen LogP contribution in [0, 0.1) is 0 Å². The van der Waals surface area contributed by atoms with Crippen LogP contribution in [0.4, 0.5) is 0 Å². The maximum Gasteiger partial charge on any atom is 0.0750 e. The molecule has 1 atom stereocenters. The second-order valence-electron chi connectivity index (χ2n) is 5.21. The quantitative estimate of drug-likeness (QED) is 0.839. The second kappa shape index (κ2) is 7.36. The highest BCUT2D eigenvalue weighted by molar-refractivity contribution is 5.82. The number of benzene rings is 1. The van der Waals surface area contributed by atoms with Crippen LogP contribution in [0.2, 0.25) is 0 Å². The van der Waals surface area contributed by atoms with Gasteiger partial charge in [-0.2, -0.15) is 0 Å².